The van der Waals surface area contributed by atoms with Gasteiger partial charge < -0.3 is 0 Å². The zero-order valence-electron chi connectivity index (χ0n) is 6.49. The first-order valence-electron chi connectivity index (χ1n) is 3.63. The fourth-order valence-electron chi connectivity index (χ4n) is 1.12. The van der Waals surface area contributed by atoms with Crippen LogP contribution in [0.25, 0.3) is 0 Å². The van der Waals surface area contributed by atoms with Crippen LogP contribution in [-0.4, -0.2) is 24.7 Å². The van der Waals surface area contributed by atoms with Gasteiger partial charge in [0.2, 0.25) is 10.0 Å². The minimum absolute atomic E-state index is 0.302. The van der Waals surface area contributed by atoms with Gasteiger partial charge >= 0.3 is 0 Å². The van der Waals surface area contributed by atoms with Crippen molar-refractivity contribution in [1.82, 2.24) is 0 Å². The largest absolute Gasteiger partial charge is 0.228 e. The molecule has 0 aromatic rings. The molecule has 3 nitrogen and oxygen atoms in total. The maximum absolute atomic E-state index is 10.9. The molecule has 66 valence electrons. The van der Waals surface area contributed by atoms with E-state index in [1.807, 2.05) is 0 Å². The van der Waals surface area contributed by atoms with E-state index in [0.717, 1.165) is 12.8 Å². The summed E-state index contributed by atoms with van der Waals surface area (Å²) in [5, 5.41) is 5.30. The predicted molar refractivity (Wildman–Crippen MR) is 48.0 cm³/mol. The SMILES string of the molecule is CC1CCC(S(N)(=O)=O)CS1. The molecule has 1 rings (SSSR count). The van der Waals surface area contributed by atoms with Crippen LogP contribution < -0.4 is 5.14 Å². The van der Waals surface area contributed by atoms with Gasteiger partial charge in [0.05, 0.1) is 5.25 Å². The molecule has 0 spiro atoms. The van der Waals surface area contributed by atoms with E-state index in [1.54, 1.807) is 11.8 Å². The molecule has 11 heavy (non-hydrogen) atoms. The quantitative estimate of drug-likeness (QED) is 0.665. The standard InChI is InChI=1S/C6H13NO2S2/c1-5-2-3-6(4-10-5)11(7,8)9/h5-6H,2-4H2,1H3,(H2,7,8,9). The summed E-state index contributed by atoms with van der Waals surface area (Å²) < 4.78 is 21.7. The Balaban J connectivity index is 2.53. The second-order valence-corrected chi connectivity index (χ2v) is 6.25. The van der Waals surface area contributed by atoms with Crippen molar-refractivity contribution in [3.05, 3.63) is 0 Å². The highest BCUT2D eigenvalue weighted by Gasteiger charge is 2.26. The molecule has 2 atom stereocenters. The third kappa shape index (κ3) is 2.65. The molecule has 2 unspecified atom stereocenters. The first-order valence-corrected chi connectivity index (χ1v) is 6.29. The van der Waals surface area contributed by atoms with Crippen LogP contribution in [0.4, 0.5) is 0 Å². The fraction of sp³-hybridized carbons (Fsp3) is 1.00. The number of primary sulfonamides is 1. The lowest BCUT2D eigenvalue weighted by Crippen LogP contribution is -2.34. The normalized spacial score (nSPS) is 33.6. The Morgan fingerprint density at radius 1 is 1.45 bits per heavy atom. The molecule has 1 fully saturated rings. The summed E-state index contributed by atoms with van der Waals surface area (Å²) in [5.41, 5.74) is 0. The number of hydrogen-bond donors (Lipinski definition) is 1. The highest BCUT2D eigenvalue weighted by molar-refractivity contribution is 8.01. The smallest absolute Gasteiger partial charge is 0.212 e. The van der Waals surface area contributed by atoms with Gasteiger partial charge in [-0.3, -0.25) is 0 Å². The number of rotatable bonds is 1. The van der Waals surface area contributed by atoms with Crippen molar-refractivity contribution in [3.63, 3.8) is 0 Å². The number of sulfonamides is 1. The maximum Gasteiger partial charge on any atom is 0.212 e. The highest BCUT2D eigenvalue weighted by Crippen LogP contribution is 2.27. The summed E-state index contributed by atoms with van der Waals surface area (Å²) in [6.07, 6.45) is 1.69. The van der Waals surface area contributed by atoms with Crippen molar-refractivity contribution >= 4 is 21.8 Å². The van der Waals surface area contributed by atoms with Crippen LogP contribution in [-0.2, 0) is 10.0 Å². The van der Waals surface area contributed by atoms with Gasteiger partial charge in [-0.15, -0.1) is 0 Å². The molecule has 0 aromatic heterocycles. The molecular weight excluding hydrogens is 182 g/mol. The Bertz CT molecular complexity index is 217. The van der Waals surface area contributed by atoms with Crippen LogP contribution in [0.1, 0.15) is 19.8 Å². The molecule has 1 heterocycles. The van der Waals surface area contributed by atoms with Crippen molar-refractivity contribution in [1.29, 1.82) is 0 Å². The van der Waals surface area contributed by atoms with Crippen molar-refractivity contribution in [3.8, 4) is 0 Å². The number of hydrogen-bond acceptors (Lipinski definition) is 3. The highest BCUT2D eigenvalue weighted by atomic mass is 32.2. The molecule has 0 aliphatic carbocycles. The maximum atomic E-state index is 10.9. The van der Waals surface area contributed by atoms with Crippen molar-refractivity contribution in [2.75, 3.05) is 5.75 Å². The first-order chi connectivity index (χ1) is 5.00. The van der Waals surface area contributed by atoms with Crippen LogP contribution in [0, 0.1) is 0 Å². The molecule has 0 amide bonds. The van der Waals surface area contributed by atoms with E-state index in [9.17, 15) is 8.42 Å². The van der Waals surface area contributed by atoms with Crippen molar-refractivity contribution < 1.29 is 8.42 Å². The van der Waals surface area contributed by atoms with Crippen LogP contribution in [0.3, 0.4) is 0 Å². The van der Waals surface area contributed by atoms with E-state index < -0.39 is 10.0 Å². The van der Waals surface area contributed by atoms with Crippen LogP contribution >= 0.6 is 11.8 Å². The zero-order valence-corrected chi connectivity index (χ0v) is 8.12. The Hall–Kier alpha value is 0.260. The Morgan fingerprint density at radius 3 is 2.45 bits per heavy atom. The monoisotopic (exact) mass is 195 g/mol. The van der Waals surface area contributed by atoms with E-state index >= 15 is 0 Å². The Labute approximate surface area is 71.8 Å². The van der Waals surface area contributed by atoms with Gasteiger partial charge in [-0.2, -0.15) is 11.8 Å². The molecule has 0 radical (unpaired) electrons. The topological polar surface area (TPSA) is 60.2 Å². The predicted octanol–water partition coefficient (Wildman–Crippen LogP) is 0.559. The lowest BCUT2D eigenvalue weighted by atomic mass is 10.2. The second kappa shape index (κ2) is 3.33. The molecule has 1 saturated heterocycles. The zero-order chi connectivity index (χ0) is 8.48. The van der Waals surface area contributed by atoms with Gasteiger partial charge in [-0.1, -0.05) is 6.92 Å². The van der Waals surface area contributed by atoms with Gasteiger partial charge in [0.15, 0.2) is 0 Å². The van der Waals surface area contributed by atoms with Crippen LogP contribution in [0.15, 0.2) is 0 Å². The van der Waals surface area contributed by atoms with E-state index in [-0.39, 0.29) is 5.25 Å². The Kier molecular flexibility index (Phi) is 2.83. The number of thioether (sulfide) groups is 1. The average Bonchev–Trinajstić information content (AvgIpc) is 1.86. The summed E-state index contributed by atoms with van der Waals surface area (Å²) in [7, 11) is -3.27. The summed E-state index contributed by atoms with van der Waals surface area (Å²) in [6.45, 7) is 2.12. The second-order valence-electron chi connectivity index (χ2n) is 2.93. The third-order valence-electron chi connectivity index (χ3n) is 1.93. The van der Waals surface area contributed by atoms with Crippen molar-refractivity contribution in [2.24, 2.45) is 5.14 Å². The summed E-state index contributed by atoms with van der Waals surface area (Å²) in [4.78, 5) is 0. The molecule has 1 aliphatic rings. The van der Waals surface area contributed by atoms with Gasteiger partial charge in [0.25, 0.3) is 0 Å². The fourth-order valence-corrected chi connectivity index (χ4v) is 3.59. The van der Waals surface area contributed by atoms with Crippen molar-refractivity contribution in [2.45, 2.75) is 30.3 Å². The van der Waals surface area contributed by atoms with E-state index in [2.05, 4.69) is 6.92 Å². The minimum atomic E-state index is -3.27. The molecule has 0 saturated carbocycles. The van der Waals surface area contributed by atoms with Gasteiger partial charge in [0, 0.05) is 11.0 Å². The van der Waals surface area contributed by atoms with E-state index in [4.69, 9.17) is 5.14 Å². The lowest BCUT2D eigenvalue weighted by molar-refractivity contribution is 0.571. The lowest BCUT2D eigenvalue weighted by Gasteiger charge is -2.23. The Morgan fingerprint density at radius 2 is 2.09 bits per heavy atom. The summed E-state index contributed by atoms with van der Waals surface area (Å²) in [5.74, 6) is 0.667. The average molecular weight is 195 g/mol. The van der Waals surface area contributed by atoms with Gasteiger partial charge in [-0.25, -0.2) is 13.6 Å². The molecule has 0 bridgehead atoms. The molecule has 2 N–H and O–H groups in total. The summed E-state index contributed by atoms with van der Waals surface area (Å²) >= 11 is 1.69. The van der Waals surface area contributed by atoms with Crippen LogP contribution in [0.2, 0.25) is 0 Å². The molecule has 5 heteroatoms. The molecule has 0 aromatic carbocycles. The molecule has 1 aliphatic heterocycles. The summed E-state index contributed by atoms with van der Waals surface area (Å²) in [6, 6.07) is 0. The molecular formula is C6H13NO2S2. The third-order valence-corrected chi connectivity index (χ3v) is 4.87. The van der Waals surface area contributed by atoms with E-state index in [1.165, 1.54) is 0 Å². The van der Waals surface area contributed by atoms with Gasteiger partial charge in [0.1, 0.15) is 0 Å². The minimum Gasteiger partial charge on any atom is -0.228 e. The van der Waals surface area contributed by atoms with Gasteiger partial charge in [-0.05, 0) is 12.8 Å². The first kappa shape index (κ1) is 9.35. The van der Waals surface area contributed by atoms with Crippen LogP contribution in [0.5, 0.6) is 0 Å². The van der Waals surface area contributed by atoms with E-state index in [0.29, 0.717) is 11.0 Å². The number of nitrogens with two attached hydrogens (primary N) is 1.